The predicted octanol–water partition coefficient (Wildman–Crippen LogP) is 1.61. The third kappa shape index (κ3) is 4.91. The molecule has 1 aromatic rings. The van der Waals surface area contributed by atoms with Gasteiger partial charge >= 0.3 is 17.8 Å². The average molecular weight is 350 g/mol. The molecule has 136 valence electrons. The van der Waals surface area contributed by atoms with Crippen molar-refractivity contribution in [3.05, 3.63) is 17.8 Å². The van der Waals surface area contributed by atoms with Crippen molar-refractivity contribution in [3.63, 3.8) is 0 Å². The molecule has 1 aliphatic rings. The summed E-state index contributed by atoms with van der Waals surface area (Å²) >= 11 is 0. The molecule has 1 fully saturated rings. The van der Waals surface area contributed by atoms with Gasteiger partial charge in [0.25, 0.3) is 0 Å². The van der Waals surface area contributed by atoms with Crippen LogP contribution in [-0.2, 0) is 23.9 Å². The minimum absolute atomic E-state index is 0.0108. The van der Waals surface area contributed by atoms with E-state index in [1.807, 2.05) is 0 Å². The molecule has 0 bridgehead atoms. The summed E-state index contributed by atoms with van der Waals surface area (Å²) in [7, 11) is 2.54. The monoisotopic (exact) mass is 350 g/mol. The molecule has 0 aliphatic heterocycles. The zero-order valence-electron chi connectivity index (χ0n) is 14.5. The van der Waals surface area contributed by atoms with Crippen LogP contribution in [0.25, 0.3) is 0 Å². The van der Waals surface area contributed by atoms with E-state index in [1.54, 1.807) is 13.0 Å². The lowest BCUT2D eigenvalue weighted by atomic mass is 9.87. The quantitative estimate of drug-likeness (QED) is 0.650. The first-order chi connectivity index (χ1) is 11.9. The largest absolute Gasteiger partial charge is 0.474 e. The molecule has 1 heterocycles. The van der Waals surface area contributed by atoms with E-state index in [0.717, 1.165) is 32.8 Å². The Morgan fingerprint density at radius 2 is 1.80 bits per heavy atom. The van der Waals surface area contributed by atoms with Gasteiger partial charge in [0.2, 0.25) is 5.88 Å². The summed E-state index contributed by atoms with van der Waals surface area (Å²) in [6, 6.07) is 1.69. The Kier molecular flexibility index (Phi) is 6.32. The van der Waals surface area contributed by atoms with E-state index in [0.29, 0.717) is 17.1 Å². The number of hydrogen-bond donors (Lipinski definition) is 1. The Bertz CT molecular complexity index is 653. The maximum absolute atomic E-state index is 11.5. The topological polar surface area (TPSA) is 104 Å². The van der Waals surface area contributed by atoms with Crippen molar-refractivity contribution in [1.29, 1.82) is 0 Å². The predicted molar refractivity (Wildman–Crippen MR) is 88.0 cm³/mol. The summed E-state index contributed by atoms with van der Waals surface area (Å²) < 4.78 is 15.0. The fourth-order valence-corrected chi connectivity index (χ4v) is 2.75. The van der Waals surface area contributed by atoms with E-state index in [9.17, 15) is 14.4 Å². The highest BCUT2D eigenvalue weighted by molar-refractivity contribution is 6.37. The molecule has 1 saturated carbocycles. The van der Waals surface area contributed by atoms with Crippen molar-refractivity contribution in [2.24, 2.45) is 5.92 Å². The van der Waals surface area contributed by atoms with Gasteiger partial charge in [0.1, 0.15) is 6.10 Å². The first kappa shape index (κ1) is 18.7. The fraction of sp³-hybridized carbons (Fsp3) is 0.529. The van der Waals surface area contributed by atoms with Crippen LogP contribution in [0.4, 0.5) is 5.69 Å². The highest BCUT2D eigenvalue weighted by Gasteiger charge is 2.28. The highest BCUT2D eigenvalue weighted by Crippen LogP contribution is 2.28. The molecule has 2 rings (SSSR count). The molecule has 0 spiro atoms. The van der Waals surface area contributed by atoms with Gasteiger partial charge in [0.05, 0.1) is 32.0 Å². The molecule has 1 N–H and O–H groups in total. The van der Waals surface area contributed by atoms with Gasteiger partial charge in [-0.25, -0.2) is 9.78 Å². The molecular weight excluding hydrogens is 328 g/mol. The number of nitrogens with one attached hydrogen (secondary N) is 1. The van der Waals surface area contributed by atoms with Crippen molar-refractivity contribution < 1.29 is 28.6 Å². The molecule has 8 heteroatoms. The number of amides is 1. The summed E-state index contributed by atoms with van der Waals surface area (Å²) in [5.74, 6) is -1.62. The Balaban J connectivity index is 1.92. The zero-order valence-corrected chi connectivity index (χ0v) is 14.5. The Morgan fingerprint density at radius 1 is 1.12 bits per heavy atom. The van der Waals surface area contributed by atoms with Crippen LogP contribution < -0.4 is 10.1 Å². The van der Waals surface area contributed by atoms with Crippen LogP contribution in [-0.4, -0.2) is 43.2 Å². The Hall–Kier alpha value is -2.64. The highest BCUT2D eigenvalue weighted by atomic mass is 16.5. The summed E-state index contributed by atoms with van der Waals surface area (Å²) in [5.41, 5.74) is 1.13. The SMILES string of the molecule is COC(=O)C(=O)Nc1cnc(O[C@H]2CC[C@H](C(=O)OC)CC2)cc1C. The number of carbonyl (C=O) groups is 3. The van der Waals surface area contributed by atoms with E-state index in [2.05, 4.69) is 15.0 Å². The maximum Gasteiger partial charge on any atom is 0.396 e. The van der Waals surface area contributed by atoms with E-state index < -0.39 is 11.9 Å². The van der Waals surface area contributed by atoms with Crippen molar-refractivity contribution >= 4 is 23.5 Å². The third-order valence-electron chi connectivity index (χ3n) is 4.20. The Labute approximate surface area is 145 Å². The van der Waals surface area contributed by atoms with E-state index >= 15 is 0 Å². The molecule has 25 heavy (non-hydrogen) atoms. The lowest BCUT2D eigenvalue weighted by molar-refractivity contribution is -0.150. The molecule has 1 aromatic heterocycles. The van der Waals surface area contributed by atoms with Gasteiger partial charge in [-0.1, -0.05) is 0 Å². The van der Waals surface area contributed by atoms with Crippen molar-refractivity contribution in [2.75, 3.05) is 19.5 Å². The number of aromatic nitrogens is 1. The minimum atomic E-state index is -0.970. The first-order valence-corrected chi connectivity index (χ1v) is 8.05. The number of pyridine rings is 1. The number of ether oxygens (including phenoxy) is 3. The van der Waals surface area contributed by atoms with Crippen molar-refractivity contribution in [1.82, 2.24) is 4.98 Å². The fourth-order valence-electron chi connectivity index (χ4n) is 2.75. The number of methoxy groups -OCH3 is 2. The van der Waals surface area contributed by atoms with Crippen LogP contribution in [0.5, 0.6) is 5.88 Å². The molecule has 0 atom stereocenters. The second-order valence-corrected chi connectivity index (χ2v) is 5.90. The van der Waals surface area contributed by atoms with Gasteiger partial charge in [0.15, 0.2) is 0 Å². The number of anilines is 1. The summed E-state index contributed by atoms with van der Waals surface area (Å²) in [4.78, 5) is 38.4. The molecule has 1 amide bonds. The minimum Gasteiger partial charge on any atom is -0.474 e. The molecule has 0 radical (unpaired) electrons. The summed E-state index contributed by atoms with van der Waals surface area (Å²) in [6.45, 7) is 1.77. The number of carbonyl (C=O) groups excluding carboxylic acids is 3. The van der Waals surface area contributed by atoms with Crippen LogP contribution in [0.2, 0.25) is 0 Å². The Morgan fingerprint density at radius 3 is 2.36 bits per heavy atom. The molecule has 0 unspecified atom stereocenters. The molecule has 0 saturated heterocycles. The lowest BCUT2D eigenvalue weighted by Gasteiger charge is -2.27. The van der Waals surface area contributed by atoms with Crippen molar-refractivity contribution in [3.8, 4) is 5.88 Å². The number of aryl methyl sites for hydroxylation is 1. The zero-order chi connectivity index (χ0) is 18.4. The molecule has 8 nitrogen and oxygen atoms in total. The maximum atomic E-state index is 11.5. The van der Waals surface area contributed by atoms with Crippen LogP contribution in [0, 0.1) is 12.8 Å². The van der Waals surface area contributed by atoms with Crippen LogP contribution in [0.3, 0.4) is 0 Å². The van der Waals surface area contributed by atoms with E-state index in [4.69, 9.17) is 9.47 Å². The molecule has 0 aromatic carbocycles. The number of esters is 2. The van der Waals surface area contributed by atoms with Crippen LogP contribution in [0.15, 0.2) is 12.3 Å². The lowest BCUT2D eigenvalue weighted by Crippen LogP contribution is -2.29. The van der Waals surface area contributed by atoms with E-state index in [1.165, 1.54) is 13.3 Å². The van der Waals surface area contributed by atoms with Gasteiger partial charge in [-0.2, -0.15) is 0 Å². The second-order valence-electron chi connectivity index (χ2n) is 5.90. The average Bonchev–Trinajstić information content (AvgIpc) is 2.63. The van der Waals surface area contributed by atoms with Crippen LogP contribution in [0.1, 0.15) is 31.2 Å². The first-order valence-electron chi connectivity index (χ1n) is 8.05. The summed E-state index contributed by atoms with van der Waals surface area (Å²) in [5, 5.41) is 2.43. The van der Waals surface area contributed by atoms with Crippen molar-refractivity contribution in [2.45, 2.75) is 38.7 Å². The molecular formula is C17H22N2O6. The number of nitrogens with zero attached hydrogens (tertiary/aromatic N) is 1. The van der Waals surface area contributed by atoms with Gasteiger partial charge in [0, 0.05) is 6.07 Å². The van der Waals surface area contributed by atoms with Gasteiger partial charge in [-0.05, 0) is 38.2 Å². The molecule has 1 aliphatic carbocycles. The normalized spacial score (nSPS) is 19.6. The number of rotatable bonds is 4. The third-order valence-corrected chi connectivity index (χ3v) is 4.20. The van der Waals surface area contributed by atoms with Crippen LogP contribution >= 0.6 is 0 Å². The standard InChI is InChI=1S/C17H22N2O6/c1-10-8-14(18-9-13(10)19-15(20)17(22)24-3)25-12-6-4-11(5-7-12)16(21)23-2/h8-9,11-12H,4-7H2,1-3H3,(H,19,20)/t11-,12-. The van der Waals surface area contributed by atoms with Gasteiger partial charge in [-0.15, -0.1) is 0 Å². The smallest absolute Gasteiger partial charge is 0.396 e. The number of hydrogen-bond acceptors (Lipinski definition) is 7. The van der Waals surface area contributed by atoms with E-state index in [-0.39, 0.29) is 18.0 Å². The van der Waals surface area contributed by atoms with Gasteiger partial charge in [-0.3, -0.25) is 9.59 Å². The second kappa shape index (κ2) is 8.46. The van der Waals surface area contributed by atoms with Gasteiger partial charge < -0.3 is 19.5 Å². The summed E-state index contributed by atoms with van der Waals surface area (Å²) in [6.07, 6.45) is 4.38.